The number of rotatable bonds is 6. The van der Waals surface area contributed by atoms with Gasteiger partial charge in [0, 0.05) is 24.9 Å². The van der Waals surface area contributed by atoms with Crippen LogP contribution in [0.5, 0.6) is 5.75 Å². The van der Waals surface area contributed by atoms with Crippen molar-refractivity contribution in [1.82, 2.24) is 9.88 Å². The Labute approximate surface area is 144 Å². The minimum Gasteiger partial charge on any atom is -0.494 e. The highest BCUT2D eigenvalue weighted by molar-refractivity contribution is 6.00. The molecule has 2 N–H and O–H groups in total. The molecule has 0 unspecified atom stereocenters. The molecule has 0 spiro atoms. The van der Waals surface area contributed by atoms with Gasteiger partial charge in [-0.05, 0) is 31.2 Å². The molecule has 25 heavy (non-hydrogen) atoms. The Morgan fingerprint density at radius 1 is 1.20 bits per heavy atom. The van der Waals surface area contributed by atoms with E-state index in [1.165, 1.54) is 0 Å². The fraction of sp³-hybridized carbons (Fsp3) is 0.222. The van der Waals surface area contributed by atoms with Crippen molar-refractivity contribution >= 4 is 28.6 Å². The third-order valence-corrected chi connectivity index (χ3v) is 3.76. The number of aryl methyl sites for hydroxylation is 1. The number of fused-ring (bicyclic) bond motifs is 1. The fourth-order valence-electron chi connectivity index (χ4n) is 2.53. The summed E-state index contributed by atoms with van der Waals surface area (Å²) in [6, 6.07) is 10.5. The number of nitrogens with one attached hydrogen (secondary N) is 2. The van der Waals surface area contributed by atoms with Crippen LogP contribution in [0.2, 0.25) is 0 Å². The smallest absolute Gasteiger partial charge is 0.268 e. The van der Waals surface area contributed by atoms with Gasteiger partial charge in [-0.3, -0.25) is 9.59 Å². The number of benzene rings is 1. The molecular formula is C18H19N3O4. The number of hydrogen-bond donors (Lipinski definition) is 2. The van der Waals surface area contributed by atoms with Crippen LogP contribution in [0.15, 0.2) is 47.1 Å². The van der Waals surface area contributed by atoms with E-state index in [1.807, 2.05) is 6.92 Å². The Morgan fingerprint density at radius 2 is 1.96 bits per heavy atom. The summed E-state index contributed by atoms with van der Waals surface area (Å²) in [6.07, 6.45) is 1.57. The lowest BCUT2D eigenvalue weighted by molar-refractivity contribution is -0.115. The van der Waals surface area contributed by atoms with E-state index < -0.39 is 0 Å². The maximum atomic E-state index is 12.2. The minimum atomic E-state index is -0.337. The first kappa shape index (κ1) is 16.6. The van der Waals surface area contributed by atoms with E-state index in [0.717, 1.165) is 11.3 Å². The maximum absolute atomic E-state index is 12.2. The monoisotopic (exact) mass is 341 g/mol. The van der Waals surface area contributed by atoms with Gasteiger partial charge in [-0.15, -0.1) is 0 Å². The van der Waals surface area contributed by atoms with Crippen molar-refractivity contribution in [3.63, 3.8) is 0 Å². The van der Waals surface area contributed by atoms with Gasteiger partial charge in [0.05, 0.1) is 24.9 Å². The molecule has 2 heterocycles. The van der Waals surface area contributed by atoms with Crippen LogP contribution in [0.1, 0.15) is 17.4 Å². The van der Waals surface area contributed by atoms with Crippen LogP contribution in [-0.2, 0) is 11.8 Å². The van der Waals surface area contributed by atoms with Crippen LogP contribution < -0.4 is 15.4 Å². The summed E-state index contributed by atoms with van der Waals surface area (Å²) in [6.45, 7) is 2.36. The average molecular weight is 341 g/mol. The lowest BCUT2D eigenvalue weighted by Gasteiger charge is -2.08. The first-order chi connectivity index (χ1) is 12.1. The standard InChI is InChI=1S/C18H19N3O4/c1-3-24-13-6-4-12(5-7-13)20-17(22)11-19-18(23)15-10-16-14(21(15)2)8-9-25-16/h4-10H,3,11H2,1-2H3,(H,19,23)(H,20,22). The Hall–Kier alpha value is -3.22. The van der Waals surface area contributed by atoms with E-state index in [0.29, 0.717) is 23.6 Å². The number of furan rings is 1. The van der Waals surface area contributed by atoms with Crippen molar-refractivity contribution in [3.05, 3.63) is 48.4 Å². The highest BCUT2D eigenvalue weighted by Gasteiger charge is 2.15. The molecule has 0 aliphatic heterocycles. The summed E-state index contributed by atoms with van der Waals surface area (Å²) in [5.41, 5.74) is 2.53. The van der Waals surface area contributed by atoms with Crippen molar-refractivity contribution in [2.75, 3.05) is 18.5 Å². The maximum Gasteiger partial charge on any atom is 0.268 e. The summed E-state index contributed by atoms with van der Waals surface area (Å²) in [4.78, 5) is 24.2. The van der Waals surface area contributed by atoms with Crippen molar-refractivity contribution in [2.24, 2.45) is 7.05 Å². The highest BCUT2D eigenvalue weighted by Crippen LogP contribution is 2.19. The SMILES string of the molecule is CCOc1ccc(NC(=O)CNC(=O)c2cc3occc3n2C)cc1. The Kier molecular flexibility index (Phi) is 4.74. The molecule has 1 aromatic carbocycles. The van der Waals surface area contributed by atoms with Crippen LogP contribution in [0.3, 0.4) is 0 Å². The third kappa shape index (κ3) is 3.65. The molecule has 0 atom stereocenters. The van der Waals surface area contributed by atoms with E-state index in [2.05, 4.69) is 10.6 Å². The van der Waals surface area contributed by atoms with E-state index in [4.69, 9.17) is 9.15 Å². The summed E-state index contributed by atoms with van der Waals surface area (Å²) in [7, 11) is 1.77. The van der Waals surface area contributed by atoms with Crippen LogP contribution in [0, 0.1) is 0 Å². The molecule has 2 aromatic heterocycles. The van der Waals surface area contributed by atoms with Gasteiger partial charge in [-0.1, -0.05) is 0 Å². The molecular weight excluding hydrogens is 322 g/mol. The van der Waals surface area contributed by atoms with Gasteiger partial charge in [0.2, 0.25) is 5.91 Å². The van der Waals surface area contributed by atoms with Crippen LogP contribution in [-0.4, -0.2) is 29.5 Å². The van der Waals surface area contributed by atoms with Gasteiger partial charge >= 0.3 is 0 Å². The molecule has 0 saturated heterocycles. The summed E-state index contributed by atoms with van der Waals surface area (Å²) in [5.74, 6) is 0.0907. The van der Waals surface area contributed by atoms with E-state index in [-0.39, 0.29) is 18.4 Å². The minimum absolute atomic E-state index is 0.126. The molecule has 2 amide bonds. The lowest BCUT2D eigenvalue weighted by Crippen LogP contribution is -2.33. The number of carbonyl (C=O) groups excluding carboxylic acids is 2. The van der Waals surface area contributed by atoms with Gasteiger partial charge in [-0.2, -0.15) is 0 Å². The fourth-order valence-corrected chi connectivity index (χ4v) is 2.53. The zero-order valence-electron chi connectivity index (χ0n) is 14.0. The lowest BCUT2D eigenvalue weighted by atomic mass is 10.3. The van der Waals surface area contributed by atoms with Crippen molar-refractivity contribution in [2.45, 2.75) is 6.92 Å². The summed E-state index contributed by atoms with van der Waals surface area (Å²) >= 11 is 0. The predicted molar refractivity (Wildman–Crippen MR) is 93.8 cm³/mol. The molecule has 7 nitrogen and oxygen atoms in total. The molecule has 3 aromatic rings. The topological polar surface area (TPSA) is 85.5 Å². The molecule has 0 radical (unpaired) electrons. The zero-order chi connectivity index (χ0) is 17.8. The van der Waals surface area contributed by atoms with Crippen LogP contribution in [0.25, 0.3) is 11.1 Å². The second-order valence-corrected chi connectivity index (χ2v) is 5.45. The first-order valence-electron chi connectivity index (χ1n) is 7.92. The molecule has 0 aliphatic carbocycles. The Morgan fingerprint density at radius 3 is 2.64 bits per heavy atom. The molecule has 3 rings (SSSR count). The average Bonchev–Trinajstić information content (AvgIpc) is 3.18. The number of aromatic nitrogens is 1. The number of anilines is 1. The molecule has 7 heteroatoms. The molecule has 0 bridgehead atoms. The number of carbonyl (C=O) groups is 2. The first-order valence-corrected chi connectivity index (χ1v) is 7.92. The second-order valence-electron chi connectivity index (χ2n) is 5.45. The molecule has 0 saturated carbocycles. The van der Waals surface area contributed by atoms with Gasteiger partial charge in [0.25, 0.3) is 5.91 Å². The summed E-state index contributed by atoms with van der Waals surface area (Å²) < 4.78 is 12.3. The largest absolute Gasteiger partial charge is 0.494 e. The van der Waals surface area contributed by atoms with Crippen LogP contribution in [0.4, 0.5) is 5.69 Å². The number of nitrogens with zero attached hydrogens (tertiary/aromatic N) is 1. The highest BCUT2D eigenvalue weighted by atomic mass is 16.5. The quantitative estimate of drug-likeness (QED) is 0.721. The van der Waals surface area contributed by atoms with Crippen LogP contribution >= 0.6 is 0 Å². The third-order valence-electron chi connectivity index (χ3n) is 3.76. The van der Waals surface area contributed by atoms with E-state index in [9.17, 15) is 9.59 Å². The van der Waals surface area contributed by atoms with E-state index in [1.54, 1.807) is 54.3 Å². The normalized spacial score (nSPS) is 10.6. The van der Waals surface area contributed by atoms with Crippen molar-refractivity contribution in [1.29, 1.82) is 0 Å². The molecule has 0 fully saturated rings. The van der Waals surface area contributed by atoms with Gasteiger partial charge in [0.1, 0.15) is 11.4 Å². The van der Waals surface area contributed by atoms with Gasteiger partial charge < -0.3 is 24.4 Å². The van der Waals surface area contributed by atoms with Gasteiger partial charge in [-0.25, -0.2) is 0 Å². The zero-order valence-corrected chi connectivity index (χ0v) is 14.0. The number of ether oxygens (including phenoxy) is 1. The Balaban J connectivity index is 1.55. The van der Waals surface area contributed by atoms with Gasteiger partial charge in [0.15, 0.2) is 5.58 Å². The van der Waals surface area contributed by atoms with Crippen molar-refractivity contribution in [3.8, 4) is 5.75 Å². The Bertz CT molecular complexity index is 893. The second kappa shape index (κ2) is 7.12. The summed E-state index contributed by atoms with van der Waals surface area (Å²) in [5, 5.41) is 5.32. The predicted octanol–water partition coefficient (Wildman–Crippen LogP) is 2.54. The van der Waals surface area contributed by atoms with E-state index >= 15 is 0 Å². The number of hydrogen-bond acceptors (Lipinski definition) is 4. The molecule has 130 valence electrons. The molecule has 0 aliphatic rings. The number of amides is 2. The van der Waals surface area contributed by atoms with Crippen molar-refractivity contribution < 1.29 is 18.7 Å².